The van der Waals surface area contributed by atoms with Gasteiger partial charge in [0.15, 0.2) is 0 Å². The molecule has 0 aliphatic rings. The summed E-state index contributed by atoms with van der Waals surface area (Å²) in [5.74, 6) is 0.704. The molecule has 2 rings (SSSR count). The van der Waals surface area contributed by atoms with Crippen LogP contribution < -0.4 is 9.46 Å². The molecule has 2 aromatic rings. The Balaban J connectivity index is 2.39. The lowest BCUT2D eigenvalue weighted by atomic mass is 10.1. The van der Waals surface area contributed by atoms with Crippen molar-refractivity contribution in [2.24, 2.45) is 0 Å². The molecule has 0 aliphatic heterocycles. The summed E-state index contributed by atoms with van der Waals surface area (Å²) < 4.78 is 32.9. The van der Waals surface area contributed by atoms with Gasteiger partial charge >= 0.3 is 0 Å². The van der Waals surface area contributed by atoms with E-state index in [1.165, 1.54) is 6.20 Å². The monoisotopic (exact) mass is 306 g/mol. The highest BCUT2D eigenvalue weighted by Gasteiger charge is 2.19. The van der Waals surface area contributed by atoms with Gasteiger partial charge in [0.25, 0.3) is 10.0 Å². The predicted octanol–water partition coefficient (Wildman–Crippen LogP) is 2.90. The lowest BCUT2D eigenvalue weighted by molar-refractivity contribution is 0.337. The highest BCUT2D eigenvalue weighted by atomic mass is 32.2. The van der Waals surface area contributed by atoms with E-state index < -0.39 is 10.0 Å². The molecule has 1 N–H and O–H groups in total. The summed E-state index contributed by atoms with van der Waals surface area (Å²) in [6.45, 7) is 6.06. The quantitative estimate of drug-likeness (QED) is 0.922. The maximum atomic E-state index is 12.5. The molecule has 1 aromatic carbocycles. The number of hydrogen-bond acceptors (Lipinski definition) is 4. The van der Waals surface area contributed by atoms with E-state index in [0.29, 0.717) is 23.6 Å². The van der Waals surface area contributed by atoms with Crippen LogP contribution in [0.15, 0.2) is 41.6 Å². The number of ether oxygens (including phenoxy) is 1. The molecular formula is C15H18N2O3S. The Morgan fingerprint density at radius 1 is 1.19 bits per heavy atom. The Kier molecular flexibility index (Phi) is 4.47. The second-order valence-electron chi connectivity index (χ2n) is 4.59. The predicted molar refractivity (Wildman–Crippen MR) is 82.1 cm³/mol. The summed E-state index contributed by atoms with van der Waals surface area (Å²) in [5, 5.41) is 0. The first kappa shape index (κ1) is 15.3. The molecule has 0 unspecified atom stereocenters. The first-order valence-electron chi connectivity index (χ1n) is 6.61. The molecule has 21 heavy (non-hydrogen) atoms. The van der Waals surface area contributed by atoms with Crippen molar-refractivity contribution in [1.29, 1.82) is 0 Å². The van der Waals surface area contributed by atoms with Crippen LogP contribution >= 0.6 is 0 Å². The number of hydrogen-bond donors (Lipinski definition) is 1. The van der Waals surface area contributed by atoms with Crippen molar-refractivity contribution in [2.75, 3.05) is 11.3 Å². The molecule has 1 aromatic heterocycles. The van der Waals surface area contributed by atoms with E-state index in [-0.39, 0.29) is 4.90 Å². The van der Waals surface area contributed by atoms with Crippen LogP contribution in [-0.2, 0) is 10.0 Å². The fourth-order valence-corrected chi connectivity index (χ4v) is 3.35. The van der Waals surface area contributed by atoms with Gasteiger partial charge in [-0.3, -0.25) is 9.71 Å². The number of rotatable bonds is 5. The molecule has 0 amide bonds. The average molecular weight is 306 g/mol. The van der Waals surface area contributed by atoms with Crippen LogP contribution in [0, 0.1) is 13.8 Å². The number of sulfonamides is 1. The van der Waals surface area contributed by atoms with Gasteiger partial charge in [-0.15, -0.1) is 0 Å². The average Bonchev–Trinajstić information content (AvgIpc) is 2.44. The highest BCUT2D eigenvalue weighted by molar-refractivity contribution is 7.92. The van der Waals surface area contributed by atoms with Gasteiger partial charge in [0, 0.05) is 6.20 Å². The van der Waals surface area contributed by atoms with Gasteiger partial charge in [-0.1, -0.05) is 0 Å². The van der Waals surface area contributed by atoms with E-state index in [1.807, 2.05) is 13.8 Å². The van der Waals surface area contributed by atoms with Crippen molar-refractivity contribution in [2.45, 2.75) is 25.7 Å². The molecule has 0 saturated carbocycles. The highest BCUT2D eigenvalue weighted by Crippen LogP contribution is 2.28. The number of anilines is 1. The topological polar surface area (TPSA) is 68.3 Å². The van der Waals surface area contributed by atoms with E-state index >= 15 is 0 Å². The number of nitrogens with zero attached hydrogens (tertiary/aromatic N) is 1. The van der Waals surface area contributed by atoms with Crippen molar-refractivity contribution in [3.05, 3.63) is 47.8 Å². The van der Waals surface area contributed by atoms with Crippen LogP contribution in [0.2, 0.25) is 0 Å². The summed E-state index contributed by atoms with van der Waals surface area (Å²) in [4.78, 5) is 4.14. The largest absolute Gasteiger partial charge is 0.494 e. The third-order valence-electron chi connectivity index (χ3n) is 3.19. The summed E-state index contributed by atoms with van der Waals surface area (Å²) in [6.07, 6.45) is 3.05. The Bertz CT molecular complexity index is 728. The fourth-order valence-electron chi connectivity index (χ4n) is 2.01. The van der Waals surface area contributed by atoms with Gasteiger partial charge in [-0.25, -0.2) is 8.42 Å². The third-order valence-corrected chi connectivity index (χ3v) is 4.72. The van der Waals surface area contributed by atoms with Gasteiger partial charge < -0.3 is 4.74 Å². The molecule has 0 bridgehead atoms. The summed E-state index contributed by atoms with van der Waals surface area (Å²) in [6, 6.07) is 6.57. The lowest BCUT2D eigenvalue weighted by Gasteiger charge is -2.14. The zero-order valence-electron chi connectivity index (χ0n) is 12.3. The molecule has 0 atom stereocenters. The van der Waals surface area contributed by atoms with Gasteiger partial charge in [0.05, 0.1) is 23.4 Å². The van der Waals surface area contributed by atoms with Crippen LogP contribution in [0.4, 0.5) is 5.69 Å². The molecule has 6 heteroatoms. The van der Waals surface area contributed by atoms with Gasteiger partial charge in [-0.05, 0) is 56.2 Å². The summed E-state index contributed by atoms with van der Waals surface area (Å²) >= 11 is 0. The Labute approximate surface area is 125 Å². The molecule has 0 saturated heterocycles. The number of pyridine rings is 1. The third kappa shape index (κ3) is 3.33. The van der Waals surface area contributed by atoms with E-state index in [9.17, 15) is 8.42 Å². The van der Waals surface area contributed by atoms with Crippen molar-refractivity contribution < 1.29 is 13.2 Å². The molecular weight excluding hydrogens is 288 g/mol. The lowest BCUT2D eigenvalue weighted by Crippen LogP contribution is -2.15. The number of aromatic nitrogens is 1. The summed E-state index contributed by atoms with van der Waals surface area (Å²) in [5.41, 5.74) is 1.94. The molecule has 0 fully saturated rings. The van der Waals surface area contributed by atoms with Crippen molar-refractivity contribution in [3.63, 3.8) is 0 Å². The Hall–Kier alpha value is -2.08. The van der Waals surface area contributed by atoms with E-state index in [0.717, 1.165) is 5.56 Å². The molecule has 0 spiro atoms. The standard InChI is InChI=1S/C15H18N2O3S/c1-4-20-14-7-8-15(12(3)11(14)2)21(18,19)17-13-6-5-9-16-10-13/h5-10,17H,4H2,1-3H3. The zero-order chi connectivity index (χ0) is 15.5. The minimum Gasteiger partial charge on any atom is -0.494 e. The Morgan fingerprint density at radius 2 is 1.95 bits per heavy atom. The fraction of sp³-hybridized carbons (Fsp3) is 0.267. The number of nitrogens with one attached hydrogen (secondary N) is 1. The van der Waals surface area contributed by atoms with Crippen molar-refractivity contribution >= 4 is 15.7 Å². The van der Waals surface area contributed by atoms with Crippen LogP contribution in [0.5, 0.6) is 5.75 Å². The number of benzene rings is 1. The minimum absolute atomic E-state index is 0.243. The second-order valence-corrected chi connectivity index (χ2v) is 6.24. The van der Waals surface area contributed by atoms with Gasteiger partial charge in [0.1, 0.15) is 5.75 Å². The first-order valence-corrected chi connectivity index (χ1v) is 8.10. The zero-order valence-corrected chi connectivity index (χ0v) is 13.1. The molecule has 5 nitrogen and oxygen atoms in total. The van der Waals surface area contributed by atoms with Gasteiger partial charge in [0.2, 0.25) is 0 Å². The smallest absolute Gasteiger partial charge is 0.262 e. The van der Waals surface area contributed by atoms with Crippen LogP contribution in [0.25, 0.3) is 0 Å². The second kappa shape index (κ2) is 6.13. The van der Waals surface area contributed by atoms with Crippen molar-refractivity contribution in [1.82, 2.24) is 4.98 Å². The molecule has 0 radical (unpaired) electrons. The van der Waals surface area contributed by atoms with Crippen LogP contribution in [-0.4, -0.2) is 20.0 Å². The summed E-state index contributed by atoms with van der Waals surface area (Å²) in [7, 11) is -3.64. The maximum Gasteiger partial charge on any atom is 0.262 e. The maximum absolute atomic E-state index is 12.5. The van der Waals surface area contributed by atoms with Crippen LogP contribution in [0.1, 0.15) is 18.1 Å². The normalized spacial score (nSPS) is 11.2. The van der Waals surface area contributed by atoms with E-state index in [2.05, 4.69) is 9.71 Å². The SMILES string of the molecule is CCOc1ccc(S(=O)(=O)Nc2cccnc2)c(C)c1C. The molecule has 112 valence electrons. The molecule has 1 heterocycles. The van der Waals surface area contributed by atoms with Crippen molar-refractivity contribution in [3.8, 4) is 5.75 Å². The minimum atomic E-state index is -3.64. The molecule has 0 aliphatic carbocycles. The van der Waals surface area contributed by atoms with E-state index in [4.69, 9.17) is 4.74 Å². The first-order chi connectivity index (χ1) is 9.95. The van der Waals surface area contributed by atoms with E-state index in [1.54, 1.807) is 37.4 Å². The Morgan fingerprint density at radius 3 is 2.57 bits per heavy atom. The van der Waals surface area contributed by atoms with Crippen LogP contribution in [0.3, 0.4) is 0 Å². The van der Waals surface area contributed by atoms with Gasteiger partial charge in [-0.2, -0.15) is 0 Å².